The molecule has 1 nitrogen and oxygen atoms in total. The molecule has 2 aromatic heterocycles. The minimum Gasteiger partial charge on any atom is -0.308 e. The first kappa shape index (κ1) is 16.7. The van der Waals surface area contributed by atoms with Gasteiger partial charge in [-0.25, -0.2) is 0 Å². The molecular formula is C57H37NS2. The fourth-order valence-corrected chi connectivity index (χ4v) is 10.4. The molecule has 0 amide bonds. The molecule has 60 heavy (non-hydrogen) atoms. The smallest absolute Gasteiger partial charge is 0.0648 e. The van der Waals surface area contributed by atoms with Crippen LogP contribution in [0.3, 0.4) is 0 Å². The molecule has 0 bridgehead atoms. The zero-order valence-electron chi connectivity index (χ0n) is 59.0. The van der Waals surface area contributed by atoms with E-state index < -0.39 is 223 Å². The van der Waals surface area contributed by atoms with Crippen molar-refractivity contribution in [1.29, 1.82) is 0 Å². The van der Waals surface area contributed by atoms with E-state index in [1.807, 2.05) is 0 Å². The molecule has 13 rings (SSSR count). The van der Waals surface area contributed by atoms with Crippen molar-refractivity contribution in [2.75, 3.05) is 4.90 Å². The van der Waals surface area contributed by atoms with Crippen molar-refractivity contribution < 1.29 is 38.4 Å². The monoisotopic (exact) mass is 827 g/mol. The Bertz CT molecular complexity index is 5420. The van der Waals surface area contributed by atoms with E-state index >= 15 is 0 Å². The Morgan fingerprint density at radius 1 is 0.450 bits per heavy atom. The van der Waals surface area contributed by atoms with E-state index in [-0.39, 0.29) is 74.7 Å². The summed E-state index contributed by atoms with van der Waals surface area (Å²) in [6, 6.07) is -17.5. The van der Waals surface area contributed by atoms with Gasteiger partial charge in [0.25, 0.3) is 0 Å². The summed E-state index contributed by atoms with van der Waals surface area (Å²) in [6.07, 6.45) is 0. The molecule has 282 valence electrons. The second-order valence-electron chi connectivity index (χ2n) is 14.6. The lowest BCUT2D eigenvalue weighted by Gasteiger charge is -2.31. The van der Waals surface area contributed by atoms with Gasteiger partial charge in [0.05, 0.1) is 54.5 Å². The lowest BCUT2D eigenvalue weighted by Crippen LogP contribution is -2.17. The molecule has 1 aliphatic carbocycles. The molecule has 0 N–H and O–H groups in total. The quantitative estimate of drug-likeness (QED) is 0.160. The van der Waals surface area contributed by atoms with Crippen molar-refractivity contribution in [2.24, 2.45) is 0 Å². The normalized spacial score (nSPS) is 19.8. The van der Waals surface area contributed by atoms with Gasteiger partial charge in [0.2, 0.25) is 0 Å². The third-order valence-electron chi connectivity index (χ3n) is 11.1. The van der Waals surface area contributed by atoms with Gasteiger partial charge in [-0.15, -0.1) is 22.7 Å². The van der Waals surface area contributed by atoms with E-state index in [0.29, 0.717) is 22.7 Å². The van der Waals surface area contributed by atoms with Gasteiger partial charge in [-0.05, 0) is 103 Å². The molecule has 2 heterocycles. The maximum Gasteiger partial charge on any atom is 0.0648 e. The van der Waals surface area contributed by atoms with E-state index in [1.165, 1.54) is 26.0 Å². The highest BCUT2D eigenvalue weighted by Crippen LogP contribution is 2.54. The lowest BCUT2D eigenvalue weighted by atomic mass is 9.82. The molecule has 0 atom stereocenters. The van der Waals surface area contributed by atoms with Gasteiger partial charge < -0.3 is 4.90 Å². The Labute approximate surface area is 395 Å². The summed E-state index contributed by atoms with van der Waals surface area (Å²) >= 11 is 1.35. The number of hydrogen-bond donors (Lipinski definition) is 0. The first-order valence-electron chi connectivity index (χ1n) is 32.5. The topological polar surface area (TPSA) is 3.24 Å². The van der Waals surface area contributed by atoms with Crippen LogP contribution >= 0.6 is 22.7 Å². The van der Waals surface area contributed by atoms with Crippen molar-refractivity contribution >= 4 is 112 Å². The second kappa shape index (κ2) is 12.6. The van der Waals surface area contributed by atoms with Crippen LogP contribution in [-0.4, -0.2) is 0 Å². The SMILES string of the molecule is [2H]c1ccc2c(sc3c(N(c4c([2H])c([2H])c5c(c4[2H])C(C)(C)c4c([2H])c([2H])c([2H])c([2H])c4-5)c4c([2H])c([2H])c5c6c([2H])c([2H])c([2H])c([2H])c6c6c([2H])c([2H])cc([2H])c6c5c4-c4c([2H])c([2H])c5sc6c([2H])c([2H])c([2H])c([2H])c6c5c4[2H])c([2H])c([2H])c([2H])c32)c1[2H]. The Morgan fingerprint density at radius 3 is 2.03 bits per heavy atom. The third-order valence-corrected chi connectivity index (χ3v) is 13.2. The van der Waals surface area contributed by atoms with Crippen molar-refractivity contribution in [1.82, 2.24) is 0 Å². The summed E-state index contributed by atoms with van der Waals surface area (Å²) in [5.41, 5.74) is -6.37. The van der Waals surface area contributed by atoms with Crippen LogP contribution in [0.25, 0.3) is 94.9 Å². The van der Waals surface area contributed by atoms with Gasteiger partial charge >= 0.3 is 0 Å². The predicted octanol–water partition coefficient (Wildman–Crippen LogP) is 17.3. The third kappa shape index (κ3) is 4.73. The zero-order valence-corrected chi connectivity index (χ0v) is 32.6. The summed E-state index contributed by atoms with van der Waals surface area (Å²) in [7, 11) is 0. The molecule has 0 saturated carbocycles. The van der Waals surface area contributed by atoms with E-state index in [0.717, 1.165) is 11.0 Å². The van der Waals surface area contributed by atoms with Crippen LogP contribution in [0.1, 0.15) is 63.4 Å². The van der Waals surface area contributed by atoms with Gasteiger partial charge in [-0.1, -0.05) is 153 Å². The largest absolute Gasteiger partial charge is 0.308 e. The fraction of sp³-hybridized carbons (Fsp3) is 0.0526. The Kier molecular flexibility index (Phi) is 3.51. The summed E-state index contributed by atoms with van der Waals surface area (Å²) < 4.78 is 265. The van der Waals surface area contributed by atoms with Crippen LogP contribution in [0.15, 0.2) is 187 Å². The minimum atomic E-state index is -1.70. The number of anilines is 3. The molecule has 0 aliphatic heterocycles. The Hall–Kier alpha value is -6.78. The van der Waals surface area contributed by atoms with Crippen LogP contribution in [0, 0.1) is 0 Å². The molecule has 0 unspecified atom stereocenters. The average Bonchev–Trinajstić information content (AvgIpc) is 0.750. The van der Waals surface area contributed by atoms with Crippen molar-refractivity contribution in [3.63, 3.8) is 0 Å². The van der Waals surface area contributed by atoms with Gasteiger partial charge in [0.15, 0.2) is 0 Å². The minimum absolute atomic E-state index is 0.0141. The predicted molar refractivity (Wildman–Crippen MR) is 262 cm³/mol. The molecule has 10 aromatic carbocycles. The second-order valence-corrected chi connectivity index (χ2v) is 16.6. The van der Waals surface area contributed by atoms with Crippen molar-refractivity contribution in [3.8, 4) is 22.3 Å². The van der Waals surface area contributed by atoms with Crippen LogP contribution in [0.4, 0.5) is 17.1 Å². The molecule has 0 spiro atoms. The molecule has 1 aliphatic rings. The number of nitrogens with zero attached hydrogens (tertiary/aromatic N) is 1. The van der Waals surface area contributed by atoms with Gasteiger partial charge in [0, 0.05) is 57.7 Å². The number of hydrogen-bond acceptors (Lipinski definition) is 3. The van der Waals surface area contributed by atoms with Crippen LogP contribution < -0.4 is 4.90 Å². The fourth-order valence-electron chi connectivity index (χ4n) is 8.37. The van der Waals surface area contributed by atoms with E-state index in [4.69, 9.17) is 15.1 Å². The highest BCUT2D eigenvalue weighted by molar-refractivity contribution is 7.26. The summed E-state index contributed by atoms with van der Waals surface area (Å²) in [5.74, 6) is 0. The maximum atomic E-state index is 10.6. The van der Waals surface area contributed by atoms with Gasteiger partial charge in [0.1, 0.15) is 0 Å². The van der Waals surface area contributed by atoms with Gasteiger partial charge in [-0.3, -0.25) is 0 Å². The maximum absolute atomic E-state index is 10.6. The zero-order chi connectivity index (χ0) is 64.1. The average molecular weight is 828 g/mol. The van der Waals surface area contributed by atoms with Crippen molar-refractivity contribution in [3.05, 3.63) is 199 Å². The standard InChI is InChI=1S/C57H37NS2/c1-57(2)47-22-10-7-17-39(47)40-28-27-35(33-48(40)57)58(50-23-13-21-45-41-18-8-12-25-52(41)60-56(45)50)49-30-29-44-38-16-4-3-14-36(38)37-15-5-6-20-43(37)55(44)54(49)34-26-31-53-46(32-34)42-19-9-11-24-51(42)59-53/h3-33H,1-2H3/i3D,4D,5D,7D,9D,10D,11D,12D,13D,14D,15D,16D,17D,19D,20D,21D,22D,23D,24D,25D,26D,27D,28D,29D,30D,31D,32D,33D. The molecular weight excluding hydrogens is 763 g/mol. The van der Waals surface area contributed by atoms with E-state index in [2.05, 4.69) is 0 Å². The van der Waals surface area contributed by atoms with E-state index in [9.17, 15) is 23.3 Å². The van der Waals surface area contributed by atoms with E-state index in [1.54, 1.807) is 0 Å². The number of fused-ring (bicyclic) bond motifs is 15. The van der Waals surface area contributed by atoms with Crippen LogP contribution in [0.2, 0.25) is 0 Å². The molecule has 3 heteroatoms. The number of rotatable bonds is 4. The summed E-state index contributed by atoms with van der Waals surface area (Å²) in [6.45, 7) is 2.99. The number of benzene rings is 10. The first-order chi connectivity index (χ1) is 41.2. The highest BCUT2D eigenvalue weighted by atomic mass is 32.1. The molecule has 0 fully saturated rings. The molecule has 0 radical (unpaired) electrons. The highest BCUT2D eigenvalue weighted by Gasteiger charge is 2.36. The Balaban J connectivity index is 1.40. The lowest BCUT2D eigenvalue weighted by molar-refractivity contribution is 0.660. The summed E-state index contributed by atoms with van der Waals surface area (Å²) in [4.78, 5) is 0.833. The van der Waals surface area contributed by atoms with Gasteiger partial charge in [-0.2, -0.15) is 0 Å². The number of thiophene rings is 2. The Morgan fingerprint density at radius 2 is 1.13 bits per heavy atom. The van der Waals surface area contributed by atoms with Crippen LogP contribution in [0.5, 0.6) is 0 Å². The van der Waals surface area contributed by atoms with Crippen molar-refractivity contribution in [2.45, 2.75) is 19.3 Å². The summed E-state index contributed by atoms with van der Waals surface area (Å²) in [5, 5.41) is -4.06. The van der Waals surface area contributed by atoms with Crippen LogP contribution in [-0.2, 0) is 5.41 Å². The molecule has 0 saturated heterocycles. The first-order valence-corrected chi connectivity index (χ1v) is 20.1. The molecule has 12 aromatic rings.